The minimum Gasteiger partial charge on any atom is -0.493 e. The molecule has 0 saturated carbocycles. The molecule has 0 N–H and O–H groups in total. The van der Waals surface area contributed by atoms with Crippen molar-refractivity contribution in [2.24, 2.45) is 4.99 Å². The first-order valence-electron chi connectivity index (χ1n) is 12.0. The van der Waals surface area contributed by atoms with Crippen molar-refractivity contribution in [2.45, 2.75) is 39.2 Å². The molecule has 1 atom stereocenters. The van der Waals surface area contributed by atoms with E-state index in [0.717, 1.165) is 86.3 Å². The number of ether oxygens (including phenoxy) is 1. The predicted molar refractivity (Wildman–Crippen MR) is 130 cm³/mol. The number of hydrogen-bond acceptors (Lipinski definition) is 5. The molecule has 2 aromatic rings. The molecule has 3 aliphatic heterocycles. The van der Waals surface area contributed by atoms with Crippen LogP contribution in [0.1, 0.15) is 42.1 Å². The van der Waals surface area contributed by atoms with Gasteiger partial charge in [-0.1, -0.05) is 0 Å². The summed E-state index contributed by atoms with van der Waals surface area (Å²) in [6.45, 7) is 9.61. The molecule has 2 amide bonds. The lowest BCUT2D eigenvalue weighted by atomic mass is 10.0. The summed E-state index contributed by atoms with van der Waals surface area (Å²) in [6.07, 6.45) is 4.91. The normalized spacial score (nSPS) is 20.7. The fourth-order valence-electron chi connectivity index (χ4n) is 5.14. The first-order chi connectivity index (χ1) is 16.0. The lowest BCUT2D eigenvalue weighted by Gasteiger charge is -2.34. The van der Waals surface area contributed by atoms with E-state index in [9.17, 15) is 9.59 Å². The summed E-state index contributed by atoms with van der Waals surface area (Å²) in [6, 6.07) is 8.31. The number of rotatable bonds is 5. The average Bonchev–Trinajstić information content (AvgIpc) is 3.24. The van der Waals surface area contributed by atoms with Crippen LogP contribution < -0.4 is 4.74 Å². The zero-order valence-electron chi connectivity index (χ0n) is 19.5. The number of aryl methyl sites for hydroxylation is 1. The number of benzene rings is 2. The Labute approximate surface area is 195 Å². The molecule has 0 aliphatic carbocycles. The molecule has 33 heavy (non-hydrogen) atoms. The van der Waals surface area contributed by atoms with Gasteiger partial charge < -0.3 is 14.5 Å². The van der Waals surface area contributed by atoms with Crippen LogP contribution in [0.5, 0.6) is 5.75 Å². The van der Waals surface area contributed by atoms with E-state index in [4.69, 9.17) is 4.74 Å². The molecular weight excluding hydrogens is 416 g/mol. The quantitative estimate of drug-likeness (QED) is 0.658. The molecule has 0 aromatic heterocycles. The summed E-state index contributed by atoms with van der Waals surface area (Å²) in [5, 5.41) is 2.09. The summed E-state index contributed by atoms with van der Waals surface area (Å²) >= 11 is 0. The van der Waals surface area contributed by atoms with Crippen molar-refractivity contribution >= 4 is 34.5 Å². The highest BCUT2D eigenvalue weighted by atomic mass is 16.5. The van der Waals surface area contributed by atoms with Crippen LogP contribution >= 0.6 is 0 Å². The maximum Gasteiger partial charge on any atom is 0.256 e. The zero-order valence-corrected chi connectivity index (χ0v) is 19.5. The fraction of sp³-hybridized carbons (Fsp3) is 0.500. The Morgan fingerprint density at radius 2 is 1.88 bits per heavy atom. The highest BCUT2D eigenvalue weighted by Gasteiger charge is 2.31. The summed E-state index contributed by atoms with van der Waals surface area (Å²) in [5.74, 6) is 1.14. The van der Waals surface area contributed by atoms with Gasteiger partial charge in [-0.25, -0.2) is 0 Å². The summed E-state index contributed by atoms with van der Waals surface area (Å²) in [7, 11) is 0. The second-order valence-corrected chi connectivity index (χ2v) is 9.37. The predicted octanol–water partition coefficient (Wildman–Crippen LogP) is 3.40. The molecule has 7 nitrogen and oxygen atoms in total. The minimum atomic E-state index is 0.0917. The Balaban J connectivity index is 1.24. The van der Waals surface area contributed by atoms with Gasteiger partial charge in [-0.15, -0.1) is 0 Å². The van der Waals surface area contributed by atoms with Gasteiger partial charge in [-0.3, -0.25) is 19.5 Å². The average molecular weight is 449 g/mol. The Bertz CT molecular complexity index is 1100. The molecule has 0 radical (unpaired) electrons. The van der Waals surface area contributed by atoms with Crippen LogP contribution in [0.2, 0.25) is 0 Å². The highest BCUT2D eigenvalue weighted by molar-refractivity contribution is 6.06. The van der Waals surface area contributed by atoms with Crippen LogP contribution in [-0.2, 0) is 4.79 Å². The van der Waals surface area contributed by atoms with Gasteiger partial charge >= 0.3 is 0 Å². The third kappa shape index (κ3) is 4.47. The van der Waals surface area contributed by atoms with Crippen LogP contribution in [-0.4, -0.2) is 84.6 Å². The molecule has 2 saturated heterocycles. The number of carbonyl (C=O) groups excluding carboxylic acids is 2. The number of piperazine rings is 1. The van der Waals surface area contributed by atoms with Crippen molar-refractivity contribution in [3.8, 4) is 5.75 Å². The van der Waals surface area contributed by atoms with Crippen molar-refractivity contribution in [1.29, 1.82) is 0 Å². The first-order valence-corrected chi connectivity index (χ1v) is 12.0. The van der Waals surface area contributed by atoms with Crippen molar-refractivity contribution < 1.29 is 14.3 Å². The van der Waals surface area contributed by atoms with E-state index in [-0.39, 0.29) is 17.9 Å². The van der Waals surface area contributed by atoms with Crippen molar-refractivity contribution in [2.75, 3.05) is 45.9 Å². The van der Waals surface area contributed by atoms with Gasteiger partial charge in [-0.2, -0.15) is 0 Å². The van der Waals surface area contributed by atoms with Gasteiger partial charge in [0.2, 0.25) is 5.91 Å². The van der Waals surface area contributed by atoms with Crippen LogP contribution in [0, 0.1) is 6.92 Å². The molecule has 0 spiro atoms. The topological polar surface area (TPSA) is 65.5 Å². The Kier molecular flexibility index (Phi) is 6.06. The summed E-state index contributed by atoms with van der Waals surface area (Å²) in [4.78, 5) is 35.5. The van der Waals surface area contributed by atoms with Gasteiger partial charge in [0, 0.05) is 52.4 Å². The van der Waals surface area contributed by atoms with Crippen molar-refractivity contribution in [3.05, 3.63) is 35.4 Å². The van der Waals surface area contributed by atoms with Gasteiger partial charge in [0.15, 0.2) is 0 Å². The van der Waals surface area contributed by atoms with E-state index < -0.39 is 0 Å². The van der Waals surface area contributed by atoms with Crippen molar-refractivity contribution in [3.63, 3.8) is 0 Å². The van der Waals surface area contributed by atoms with Crippen LogP contribution in [0.3, 0.4) is 0 Å². The molecule has 2 fully saturated rings. The molecule has 174 valence electrons. The van der Waals surface area contributed by atoms with Gasteiger partial charge in [0.1, 0.15) is 5.75 Å². The standard InChI is InChI=1S/C26H32N4O3/c1-18-13-20-14-23-24(27-17-22-5-3-7-30(22)26(23)32)15-21(20)16-25(18)33-12-4-6-28-8-10-29(11-9-28)19(2)31/h13-17,22H,3-12H2,1-2H3/t22-/m0/s1. The van der Waals surface area contributed by atoms with E-state index in [2.05, 4.69) is 28.9 Å². The molecule has 0 bridgehead atoms. The Hall–Kier alpha value is -2.93. The summed E-state index contributed by atoms with van der Waals surface area (Å²) in [5.41, 5.74) is 2.52. The molecule has 3 heterocycles. The lowest BCUT2D eigenvalue weighted by molar-refractivity contribution is -0.130. The molecule has 2 aromatic carbocycles. The number of carbonyl (C=O) groups is 2. The SMILES string of the molecule is CC(=O)N1CCN(CCCOc2cc3cc4c(cc3cc2C)C(=O)N2CCC[C@H]2C=N4)CC1. The maximum absolute atomic E-state index is 13.1. The lowest BCUT2D eigenvalue weighted by Crippen LogP contribution is -2.48. The Morgan fingerprint density at radius 3 is 2.67 bits per heavy atom. The Morgan fingerprint density at radius 1 is 1.09 bits per heavy atom. The smallest absolute Gasteiger partial charge is 0.256 e. The number of fused-ring (bicyclic) bond motifs is 3. The fourth-order valence-corrected chi connectivity index (χ4v) is 5.14. The zero-order chi connectivity index (χ0) is 22.9. The van der Waals surface area contributed by atoms with Crippen molar-refractivity contribution in [1.82, 2.24) is 14.7 Å². The third-order valence-electron chi connectivity index (χ3n) is 7.12. The van der Waals surface area contributed by atoms with Gasteiger partial charge in [0.25, 0.3) is 5.91 Å². The second-order valence-electron chi connectivity index (χ2n) is 9.37. The van der Waals surface area contributed by atoms with Gasteiger partial charge in [-0.05, 0) is 66.8 Å². The monoisotopic (exact) mass is 448 g/mol. The molecule has 5 rings (SSSR count). The second kappa shape index (κ2) is 9.14. The van der Waals surface area contributed by atoms with E-state index in [1.165, 1.54) is 0 Å². The third-order valence-corrected chi connectivity index (χ3v) is 7.12. The molecule has 3 aliphatic rings. The number of nitrogens with zero attached hydrogens (tertiary/aromatic N) is 4. The van der Waals surface area contributed by atoms with Crippen LogP contribution in [0.25, 0.3) is 10.8 Å². The summed E-state index contributed by atoms with van der Waals surface area (Å²) < 4.78 is 6.14. The number of amides is 2. The highest BCUT2D eigenvalue weighted by Crippen LogP contribution is 2.34. The van der Waals surface area contributed by atoms with E-state index in [1.54, 1.807) is 6.92 Å². The van der Waals surface area contributed by atoms with E-state index in [0.29, 0.717) is 12.2 Å². The minimum absolute atomic E-state index is 0.0917. The van der Waals surface area contributed by atoms with Gasteiger partial charge in [0.05, 0.1) is 23.9 Å². The largest absolute Gasteiger partial charge is 0.493 e. The number of aliphatic imine (C=N–C) groups is 1. The van der Waals surface area contributed by atoms with Crippen LogP contribution in [0.15, 0.2) is 29.3 Å². The first kappa shape index (κ1) is 21.9. The molecule has 7 heteroatoms. The number of hydrogen-bond donors (Lipinski definition) is 0. The van der Waals surface area contributed by atoms with E-state index >= 15 is 0 Å². The maximum atomic E-state index is 13.1. The molecular formula is C26H32N4O3. The van der Waals surface area contributed by atoms with Crippen LogP contribution in [0.4, 0.5) is 5.69 Å². The molecule has 0 unspecified atom stereocenters. The van der Waals surface area contributed by atoms with E-state index in [1.807, 2.05) is 28.1 Å².